The highest BCUT2D eigenvalue weighted by Gasteiger charge is 2.23. The molecule has 5 aromatic heterocycles. The van der Waals surface area contributed by atoms with Crippen LogP contribution >= 0.6 is 0 Å². The Labute approximate surface area is 314 Å². The number of para-hydroxylation sites is 5. The molecule has 0 aliphatic carbocycles. The van der Waals surface area contributed by atoms with Crippen LogP contribution in [0.2, 0.25) is 0 Å². The number of benzene rings is 7. The summed E-state index contributed by atoms with van der Waals surface area (Å²) in [5.41, 5.74) is 14.2. The van der Waals surface area contributed by atoms with Gasteiger partial charge in [-0.3, -0.25) is 17.9 Å². The van der Waals surface area contributed by atoms with Crippen LogP contribution in [-0.2, 0) is 0 Å². The van der Waals surface area contributed by atoms with Crippen molar-refractivity contribution in [1.82, 2.24) is 32.5 Å². The first-order chi connectivity index (χ1) is 27.3. The number of hydrogen-bond acceptors (Lipinski definition) is 2. The molecule has 258 valence electrons. The summed E-state index contributed by atoms with van der Waals surface area (Å²) < 4.78 is 11.5. The van der Waals surface area contributed by atoms with Crippen LogP contribution < -0.4 is 0 Å². The predicted molar refractivity (Wildman–Crippen MR) is 223 cm³/mol. The lowest BCUT2D eigenvalue weighted by molar-refractivity contribution is 1.06. The molecule has 55 heavy (non-hydrogen) atoms. The molecule has 0 bridgehead atoms. The molecule has 5 heterocycles. The van der Waals surface area contributed by atoms with Crippen LogP contribution in [0.4, 0.5) is 0 Å². The van der Waals surface area contributed by atoms with Gasteiger partial charge in [-0.05, 0) is 60.7 Å². The van der Waals surface area contributed by atoms with Gasteiger partial charge in [0.2, 0.25) is 11.6 Å². The van der Waals surface area contributed by atoms with Crippen molar-refractivity contribution in [2.24, 2.45) is 0 Å². The van der Waals surface area contributed by atoms with E-state index in [-0.39, 0.29) is 0 Å². The number of hydrogen-bond donors (Lipinski definition) is 0. The first-order valence-corrected chi connectivity index (χ1v) is 18.5. The second-order valence-corrected chi connectivity index (χ2v) is 14.0. The molecule has 0 aliphatic heterocycles. The van der Waals surface area contributed by atoms with E-state index in [4.69, 9.17) is 9.97 Å². The number of imidazole rings is 4. The van der Waals surface area contributed by atoms with E-state index >= 15 is 0 Å². The normalized spacial score (nSPS) is 12.0. The molecule has 0 amide bonds. The van der Waals surface area contributed by atoms with Gasteiger partial charge >= 0.3 is 0 Å². The minimum Gasteiger partial charge on any atom is -0.309 e. The van der Waals surface area contributed by atoms with Crippen LogP contribution in [0.15, 0.2) is 188 Å². The van der Waals surface area contributed by atoms with Crippen LogP contribution in [0.3, 0.4) is 0 Å². The molecule has 0 fully saturated rings. The summed E-state index contributed by atoms with van der Waals surface area (Å²) in [5, 5.41) is 2.40. The Balaban J connectivity index is 1.12. The Morgan fingerprint density at radius 3 is 1.80 bits per heavy atom. The Hall–Kier alpha value is -7.64. The molecule has 0 N–H and O–H groups in total. The summed E-state index contributed by atoms with van der Waals surface area (Å²) in [4.78, 5) is 10.1. The SMILES string of the molecule is c1ccc(-c2c(-c3ccccc3)n3ccnc3n2-c2cccc(-n3c4ccccc4c4ccc(-n5c6ccccc6n6c7ccccc7nc56)cc43)c2)cc1. The van der Waals surface area contributed by atoms with Gasteiger partial charge in [-0.15, -0.1) is 0 Å². The molecule has 12 rings (SSSR count). The molecule has 12 aromatic rings. The van der Waals surface area contributed by atoms with Crippen LogP contribution in [0.25, 0.3) is 95.0 Å². The lowest BCUT2D eigenvalue weighted by Gasteiger charge is -2.14. The topological polar surface area (TPSA) is 49.4 Å². The van der Waals surface area contributed by atoms with Crippen molar-refractivity contribution >= 4 is 55.4 Å². The monoisotopic (exact) mass is 705 g/mol. The van der Waals surface area contributed by atoms with Crippen LogP contribution in [0.1, 0.15) is 0 Å². The smallest absolute Gasteiger partial charge is 0.220 e. The molecule has 7 nitrogen and oxygen atoms in total. The second-order valence-electron chi connectivity index (χ2n) is 14.0. The van der Waals surface area contributed by atoms with Crippen molar-refractivity contribution < 1.29 is 0 Å². The van der Waals surface area contributed by atoms with Gasteiger partial charge in [0.25, 0.3) is 0 Å². The van der Waals surface area contributed by atoms with E-state index < -0.39 is 0 Å². The summed E-state index contributed by atoms with van der Waals surface area (Å²) in [6, 6.07) is 62.5. The Kier molecular flexibility index (Phi) is 6.21. The maximum atomic E-state index is 5.16. The van der Waals surface area contributed by atoms with Crippen molar-refractivity contribution in [2.45, 2.75) is 0 Å². The van der Waals surface area contributed by atoms with Gasteiger partial charge in [-0.1, -0.05) is 115 Å². The van der Waals surface area contributed by atoms with Gasteiger partial charge in [-0.25, -0.2) is 9.97 Å². The molecule has 7 aromatic carbocycles. The zero-order chi connectivity index (χ0) is 36.0. The van der Waals surface area contributed by atoms with Gasteiger partial charge in [0.05, 0.1) is 55.9 Å². The minimum absolute atomic E-state index is 0.856. The first-order valence-electron chi connectivity index (χ1n) is 18.5. The summed E-state index contributed by atoms with van der Waals surface area (Å²) in [6.45, 7) is 0. The van der Waals surface area contributed by atoms with Gasteiger partial charge in [-0.2, -0.15) is 0 Å². The third-order valence-corrected chi connectivity index (χ3v) is 11.0. The average Bonchev–Trinajstić information content (AvgIpc) is 4.06. The zero-order valence-electron chi connectivity index (χ0n) is 29.5. The Morgan fingerprint density at radius 1 is 0.382 bits per heavy atom. The number of fused-ring (bicyclic) bond motifs is 9. The van der Waals surface area contributed by atoms with E-state index in [0.29, 0.717) is 0 Å². The molecule has 0 aliphatic rings. The number of aromatic nitrogens is 7. The van der Waals surface area contributed by atoms with Crippen LogP contribution in [0.5, 0.6) is 0 Å². The van der Waals surface area contributed by atoms with E-state index in [0.717, 1.165) is 84.2 Å². The standard InChI is InChI=1S/C48H31N7/c1-3-14-32(15-4-1)45-46(33-16-5-2-6-17-33)54(47-49-28-29-51(45)47)35-19-13-18-34(30-35)52-40-22-9-7-20-37(40)38-27-26-36(31-44(38)52)53-42-24-11-12-25-43(42)55-41-23-10-8-21-39(41)50-48(53)55/h1-31H. The molecule has 0 atom stereocenters. The Morgan fingerprint density at radius 2 is 1.00 bits per heavy atom. The van der Waals surface area contributed by atoms with Crippen molar-refractivity contribution in [3.05, 3.63) is 188 Å². The van der Waals surface area contributed by atoms with Crippen molar-refractivity contribution in [1.29, 1.82) is 0 Å². The van der Waals surface area contributed by atoms with Gasteiger partial charge in [0.15, 0.2) is 0 Å². The Bertz CT molecular complexity index is 3430. The molecule has 7 heteroatoms. The quantitative estimate of drug-likeness (QED) is 0.179. The van der Waals surface area contributed by atoms with Gasteiger partial charge < -0.3 is 4.57 Å². The first kappa shape index (κ1) is 29.9. The summed E-state index contributed by atoms with van der Waals surface area (Å²) in [7, 11) is 0. The fourth-order valence-corrected chi connectivity index (χ4v) is 8.69. The maximum absolute atomic E-state index is 5.16. The zero-order valence-corrected chi connectivity index (χ0v) is 29.5. The van der Waals surface area contributed by atoms with Crippen molar-refractivity contribution in [3.8, 4) is 39.6 Å². The van der Waals surface area contributed by atoms with Crippen molar-refractivity contribution in [3.63, 3.8) is 0 Å². The van der Waals surface area contributed by atoms with E-state index in [1.165, 1.54) is 10.8 Å². The highest BCUT2D eigenvalue weighted by Crippen LogP contribution is 2.39. The minimum atomic E-state index is 0.856. The van der Waals surface area contributed by atoms with E-state index in [9.17, 15) is 0 Å². The predicted octanol–water partition coefficient (Wildman–Crippen LogP) is 11.3. The third-order valence-electron chi connectivity index (χ3n) is 11.0. The van der Waals surface area contributed by atoms with E-state index in [1.807, 2.05) is 6.20 Å². The lowest BCUT2D eigenvalue weighted by Crippen LogP contribution is -2.01. The fraction of sp³-hybridized carbons (Fsp3) is 0. The molecule has 0 saturated carbocycles. The lowest BCUT2D eigenvalue weighted by atomic mass is 10.0. The maximum Gasteiger partial charge on any atom is 0.220 e. The van der Waals surface area contributed by atoms with Crippen LogP contribution in [-0.4, -0.2) is 32.5 Å². The molecular weight excluding hydrogens is 675 g/mol. The highest BCUT2D eigenvalue weighted by molar-refractivity contribution is 6.10. The summed E-state index contributed by atoms with van der Waals surface area (Å²) >= 11 is 0. The van der Waals surface area contributed by atoms with Crippen molar-refractivity contribution in [2.75, 3.05) is 0 Å². The summed E-state index contributed by atoms with van der Waals surface area (Å²) in [5.74, 6) is 1.75. The number of rotatable bonds is 5. The van der Waals surface area contributed by atoms with Gasteiger partial charge in [0, 0.05) is 40.0 Å². The average molecular weight is 706 g/mol. The third kappa shape index (κ3) is 4.26. The molecule has 0 spiro atoms. The fourth-order valence-electron chi connectivity index (χ4n) is 8.69. The molecule has 0 unspecified atom stereocenters. The molecule has 0 radical (unpaired) electrons. The molecule has 0 saturated heterocycles. The highest BCUT2D eigenvalue weighted by atomic mass is 15.2. The van der Waals surface area contributed by atoms with E-state index in [2.05, 4.69) is 205 Å². The second kappa shape index (κ2) is 11.4. The van der Waals surface area contributed by atoms with E-state index in [1.54, 1.807) is 0 Å². The van der Waals surface area contributed by atoms with Gasteiger partial charge in [0.1, 0.15) is 0 Å². The largest absolute Gasteiger partial charge is 0.309 e. The number of nitrogens with zero attached hydrogens (tertiary/aromatic N) is 7. The summed E-state index contributed by atoms with van der Waals surface area (Å²) in [6.07, 6.45) is 3.94. The van der Waals surface area contributed by atoms with Crippen LogP contribution in [0, 0.1) is 0 Å². The molecular formula is C48H31N7.